The zero-order valence-electron chi connectivity index (χ0n) is 10.1. The van der Waals surface area contributed by atoms with Gasteiger partial charge in [-0.25, -0.2) is 4.39 Å². The maximum Gasteiger partial charge on any atom is 0.127 e. The number of benzene rings is 1. The van der Waals surface area contributed by atoms with E-state index in [2.05, 4.69) is 24.0 Å². The maximum atomic E-state index is 13.8. The van der Waals surface area contributed by atoms with Crippen molar-refractivity contribution in [2.45, 2.75) is 39.5 Å². The Balaban J connectivity index is 2.66. The molecule has 1 aromatic heterocycles. The molecule has 16 heavy (non-hydrogen) atoms. The van der Waals surface area contributed by atoms with Crippen LogP contribution in [0.15, 0.2) is 12.1 Å². The third-order valence-electron chi connectivity index (χ3n) is 2.90. The Morgan fingerprint density at radius 2 is 1.81 bits per heavy atom. The third-order valence-corrected chi connectivity index (χ3v) is 2.90. The minimum atomic E-state index is -0.134. The molecule has 2 nitrogen and oxygen atoms in total. The Kier molecular flexibility index (Phi) is 2.70. The Labute approximate surface area is 94.9 Å². The first-order chi connectivity index (χ1) is 7.50. The van der Waals surface area contributed by atoms with Gasteiger partial charge in [0.15, 0.2) is 0 Å². The minimum absolute atomic E-state index is 0.134. The van der Waals surface area contributed by atoms with Crippen molar-refractivity contribution < 1.29 is 4.39 Å². The first-order valence-corrected chi connectivity index (χ1v) is 5.68. The number of rotatable bonds is 2. The number of fused-ring (bicyclic) bond motifs is 1. The first kappa shape index (κ1) is 11.1. The number of aromatic nitrogens is 2. The fourth-order valence-electron chi connectivity index (χ4n) is 1.95. The summed E-state index contributed by atoms with van der Waals surface area (Å²) in [6, 6.07) is 3.45. The Morgan fingerprint density at radius 1 is 1.12 bits per heavy atom. The summed E-state index contributed by atoms with van der Waals surface area (Å²) in [6.07, 6.45) is 0. The average molecular weight is 220 g/mol. The molecule has 0 unspecified atom stereocenters. The van der Waals surface area contributed by atoms with E-state index in [4.69, 9.17) is 0 Å². The van der Waals surface area contributed by atoms with Crippen LogP contribution < -0.4 is 0 Å². The molecule has 2 aromatic rings. The molecule has 0 aliphatic heterocycles. The summed E-state index contributed by atoms with van der Waals surface area (Å²) in [7, 11) is 0. The number of hydrogen-bond acceptors (Lipinski definition) is 1. The summed E-state index contributed by atoms with van der Waals surface area (Å²) in [5.74, 6) is 0.378. The van der Waals surface area contributed by atoms with Crippen LogP contribution in [0, 0.1) is 5.82 Å². The molecule has 86 valence electrons. The molecule has 0 spiro atoms. The largest absolute Gasteiger partial charge is 0.281 e. The van der Waals surface area contributed by atoms with E-state index < -0.39 is 0 Å². The lowest BCUT2D eigenvalue weighted by Crippen LogP contribution is -1.93. The minimum Gasteiger partial charge on any atom is -0.281 e. The van der Waals surface area contributed by atoms with Gasteiger partial charge in [-0.3, -0.25) is 5.10 Å². The van der Waals surface area contributed by atoms with Crippen molar-refractivity contribution in [3.63, 3.8) is 0 Å². The van der Waals surface area contributed by atoms with Gasteiger partial charge in [0, 0.05) is 11.1 Å². The highest BCUT2D eigenvalue weighted by molar-refractivity contribution is 5.82. The van der Waals surface area contributed by atoms with Gasteiger partial charge in [-0.1, -0.05) is 27.7 Å². The van der Waals surface area contributed by atoms with Crippen molar-refractivity contribution in [3.8, 4) is 0 Å². The first-order valence-electron chi connectivity index (χ1n) is 5.68. The van der Waals surface area contributed by atoms with Gasteiger partial charge in [0.05, 0.1) is 5.52 Å². The molecule has 0 saturated carbocycles. The molecule has 3 heteroatoms. The number of nitrogens with one attached hydrogen (secondary N) is 1. The van der Waals surface area contributed by atoms with Gasteiger partial charge in [0.25, 0.3) is 0 Å². The molecule has 0 fully saturated rings. The second-order valence-electron chi connectivity index (χ2n) is 4.84. The van der Waals surface area contributed by atoms with Crippen LogP contribution in [0.25, 0.3) is 10.9 Å². The molecule has 0 radical (unpaired) electrons. The summed E-state index contributed by atoms with van der Waals surface area (Å²) in [5, 5.41) is 8.12. The lowest BCUT2D eigenvalue weighted by molar-refractivity contribution is 0.600. The van der Waals surface area contributed by atoms with Crippen LogP contribution in [-0.4, -0.2) is 10.2 Å². The normalized spacial score (nSPS) is 11.9. The molecule has 1 heterocycles. The Morgan fingerprint density at radius 3 is 2.38 bits per heavy atom. The van der Waals surface area contributed by atoms with Crippen LogP contribution in [0.2, 0.25) is 0 Å². The van der Waals surface area contributed by atoms with E-state index in [1.165, 1.54) is 0 Å². The smallest absolute Gasteiger partial charge is 0.127 e. The van der Waals surface area contributed by atoms with Crippen molar-refractivity contribution in [3.05, 3.63) is 29.2 Å². The van der Waals surface area contributed by atoms with E-state index in [9.17, 15) is 4.39 Å². The average Bonchev–Trinajstić information content (AvgIpc) is 2.58. The Bertz CT molecular complexity index is 512. The van der Waals surface area contributed by atoms with Crippen molar-refractivity contribution in [2.24, 2.45) is 0 Å². The van der Waals surface area contributed by atoms with Gasteiger partial charge in [-0.05, 0) is 29.5 Å². The zero-order chi connectivity index (χ0) is 11.9. The van der Waals surface area contributed by atoms with Crippen molar-refractivity contribution in [1.29, 1.82) is 0 Å². The monoisotopic (exact) mass is 220 g/mol. The third kappa shape index (κ3) is 1.70. The number of halogens is 1. The van der Waals surface area contributed by atoms with E-state index in [1.807, 2.05) is 19.9 Å². The fraction of sp³-hybridized carbons (Fsp3) is 0.462. The quantitative estimate of drug-likeness (QED) is 0.815. The summed E-state index contributed by atoms with van der Waals surface area (Å²) in [5.41, 5.74) is 2.59. The zero-order valence-corrected chi connectivity index (χ0v) is 10.1. The van der Waals surface area contributed by atoms with Gasteiger partial charge in [-0.2, -0.15) is 5.10 Å². The topological polar surface area (TPSA) is 28.7 Å². The second kappa shape index (κ2) is 3.89. The van der Waals surface area contributed by atoms with Crippen LogP contribution in [-0.2, 0) is 0 Å². The SMILES string of the molecule is CC(C)c1cc2n[nH]c(C(C)C)c2cc1F. The summed E-state index contributed by atoms with van der Waals surface area (Å²) in [4.78, 5) is 0. The van der Waals surface area contributed by atoms with E-state index in [0.29, 0.717) is 5.92 Å². The van der Waals surface area contributed by atoms with E-state index in [1.54, 1.807) is 6.07 Å². The molecular formula is C13H17FN2. The number of H-pyrrole nitrogens is 1. The predicted molar refractivity (Wildman–Crippen MR) is 64.2 cm³/mol. The number of hydrogen-bond donors (Lipinski definition) is 1. The van der Waals surface area contributed by atoms with Crippen LogP contribution in [0.4, 0.5) is 4.39 Å². The van der Waals surface area contributed by atoms with Gasteiger partial charge in [0.2, 0.25) is 0 Å². The van der Waals surface area contributed by atoms with E-state index >= 15 is 0 Å². The maximum absolute atomic E-state index is 13.8. The highest BCUT2D eigenvalue weighted by Crippen LogP contribution is 2.28. The molecule has 0 bridgehead atoms. The number of aromatic amines is 1. The summed E-state index contributed by atoms with van der Waals surface area (Å²) in [6.45, 7) is 8.11. The molecule has 0 saturated heterocycles. The van der Waals surface area contributed by atoms with Gasteiger partial charge >= 0.3 is 0 Å². The molecule has 0 aliphatic carbocycles. The van der Waals surface area contributed by atoms with Crippen molar-refractivity contribution in [1.82, 2.24) is 10.2 Å². The van der Waals surface area contributed by atoms with Crippen LogP contribution in [0.5, 0.6) is 0 Å². The van der Waals surface area contributed by atoms with Crippen LogP contribution in [0.3, 0.4) is 0 Å². The molecular weight excluding hydrogens is 203 g/mol. The Hall–Kier alpha value is -1.38. The van der Waals surface area contributed by atoms with Crippen LogP contribution >= 0.6 is 0 Å². The molecule has 0 amide bonds. The standard InChI is InChI=1S/C13H17FN2/c1-7(2)9-6-12-10(5-11(9)14)13(8(3)4)16-15-12/h5-8H,1-4H3,(H,15,16). The molecule has 2 rings (SSSR count). The van der Waals surface area contributed by atoms with Crippen molar-refractivity contribution in [2.75, 3.05) is 0 Å². The summed E-state index contributed by atoms with van der Waals surface area (Å²) < 4.78 is 13.8. The molecule has 0 atom stereocenters. The summed E-state index contributed by atoms with van der Waals surface area (Å²) >= 11 is 0. The van der Waals surface area contributed by atoms with Gasteiger partial charge < -0.3 is 0 Å². The number of nitrogens with zero attached hydrogens (tertiary/aromatic N) is 1. The van der Waals surface area contributed by atoms with Crippen molar-refractivity contribution >= 4 is 10.9 Å². The molecule has 1 N–H and O–H groups in total. The van der Waals surface area contributed by atoms with E-state index in [-0.39, 0.29) is 11.7 Å². The highest BCUT2D eigenvalue weighted by atomic mass is 19.1. The fourth-order valence-corrected chi connectivity index (χ4v) is 1.95. The van der Waals surface area contributed by atoms with E-state index in [0.717, 1.165) is 22.2 Å². The molecule has 1 aromatic carbocycles. The lowest BCUT2D eigenvalue weighted by Gasteiger charge is -2.07. The van der Waals surface area contributed by atoms with Gasteiger partial charge in [0.1, 0.15) is 5.82 Å². The highest BCUT2D eigenvalue weighted by Gasteiger charge is 2.14. The lowest BCUT2D eigenvalue weighted by atomic mass is 9.99. The predicted octanol–water partition coefficient (Wildman–Crippen LogP) is 3.95. The van der Waals surface area contributed by atoms with Crippen LogP contribution in [0.1, 0.15) is 50.8 Å². The van der Waals surface area contributed by atoms with Gasteiger partial charge in [-0.15, -0.1) is 0 Å². The molecule has 0 aliphatic rings. The second-order valence-corrected chi connectivity index (χ2v) is 4.84.